The molecule has 0 saturated heterocycles. The quantitative estimate of drug-likeness (QED) is 0.915. The van der Waals surface area contributed by atoms with E-state index in [9.17, 15) is 18.3 Å². The van der Waals surface area contributed by atoms with Gasteiger partial charge in [-0.15, -0.1) is 0 Å². The Labute approximate surface area is 142 Å². The van der Waals surface area contributed by atoms with Gasteiger partial charge in [0.25, 0.3) is 0 Å². The normalized spacial score (nSPS) is 20.1. The van der Waals surface area contributed by atoms with E-state index in [2.05, 4.69) is 9.99 Å². The average Bonchev–Trinajstić information content (AvgIpc) is 3.00. The zero-order valence-electron chi connectivity index (χ0n) is 13.4. The maximum atomic E-state index is 12.8. The van der Waals surface area contributed by atoms with Crippen LogP contribution < -0.4 is 4.74 Å². The van der Waals surface area contributed by atoms with Crippen molar-refractivity contribution in [2.24, 2.45) is 5.16 Å². The van der Waals surface area contributed by atoms with E-state index in [-0.39, 0.29) is 5.71 Å². The summed E-state index contributed by atoms with van der Waals surface area (Å²) in [4.78, 5) is 4.23. The zero-order valence-corrected chi connectivity index (χ0v) is 13.4. The van der Waals surface area contributed by atoms with Crippen molar-refractivity contribution < 1.29 is 27.9 Å². The fourth-order valence-electron chi connectivity index (χ4n) is 2.61. The minimum Gasteiger partial charge on any atom is -0.496 e. The molecule has 132 valence electrons. The maximum Gasteiger partial charge on any atom is 0.458 e. The molecule has 1 N–H and O–H groups in total. The van der Waals surface area contributed by atoms with Crippen molar-refractivity contribution in [2.45, 2.75) is 24.8 Å². The summed E-state index contributed by atoms with van der Waals surface area (Å²) in [6.07, 6.45) is -5.01. The van der Waals surface area contributed by atoms with Gasteiger partial charge < -0.3 is 14.7 Å². The van der Waals surface area contributed by atoms with E-state index in [4.69, 9.17) is 4.74 Å². The van der Waals surface area contributed by atoms with Crippen molar-refractivity contribution in [3.8, 4) is 5.75 Å². The van der Waals surface area contributed by atoms with E-state index >= 15 is 0 Å². The Morgan fingerprint density at radius 1 is 1.16 bits per heavy atom. The molecule has 1 unspecified atom stereocenters. The summed E-state index contributed by atoms with van der Waals surface area (Å²) in [5.41, 5.74) is 2.51. The van der Waals surface area contributed by atoms with E-state index < -0.39 is 18.4 Å². The molecular weight excluding hydrogens is 335 g/mol. The number of hydrogen-bond acceptors (Lipinski definition) is 4. The van der Waals surface area contributed by atoms with E-state index in [0.29, 0.717) is 12.0 Å². The first kappa shape index (κ1) is 17.3. The molecule has 0 aliphatic carbocycles. The number of methoxy groups -OCH3 is 1. The van der Waals surface area contributed by atoms with Crippen LogP contribution >= 0.6 is 0 Å². The van der Waals surface area contributed by atoms with Gasteiger partial charge in [0.2, 0.25) is 0 Å². The number of halogens is 3. The predicted octanol–water partition coefficient (Wildman–Crippen LogP) is 3.66. The van der Waals surface area contributed by atoms with Gasteiger partial charge in [-0.1, -0.05) is 47.6 Å². The second-order valence-corrected chi connectivity index (χ2v) is 5.77. The molecule has 2 aromatic carbocycles. The zero-order chi connectivity index (χ0) is 18.1. The molecule has 0 amide bonds. The molecule has 25 heavy (non-hydrogen) atoms. The lowest BCUT2D eigenvalue weighted by Gasteiger charge is -2.22. The van der Waals surface area contributed by atoms with Gasteiger partial charge in [0.1, 0.15) is 5.75 Å². The molecule has 0 fully saturated rings. The molecule has 1 heterocycles. The van der Waals surface area contributed by atoms with Gasteiger partial charge in [0.15, 0.2) is 0 Å². The molecular formula is C18H16F3NO3. The number of aliphatic hydroxyl groups is 1. The number of benzene rings is 2. The first-order valence-electron chi connectivity index (χ1n) is 7.58. The lowest BCUT2D eigenvalue weighted by Crippen LogP contribution is -2.45. The Morgan fingerprint density at radius 2 is 1.84 bits per heavy atom. The van der Waals surface area contributed by atoms with Crippen LogP contribution in [0.25, 0.3) is 0 Å². The first-order chi connectivity index (χ1) is 11.8. The van der Waals surface area contributed by atoms with Crippen molar-refractivity contribution in [1.82, 2.24) is 0 Å². The SMILES string of the molecule is COc1ccccc1Cc1ccc(C2=NOC(O)(C(F)(F)F)C2)cc1. The summed E-state index contributed by atoms with van der Waals surface area (Å²) < 4.78 is 43.6. The molecule has 1 aliphatic rings. The van der Waals surface area contributed by atoms with Crippen LogP contribution in [0.3, 0.4) is 0 Å². The van der Waals surface area contributed by atoms with Crippen LogP contribution in [-0.2, 0) is 11.3 Å². The molecule has 0 aromatic heterocycles. The van der Waals surface area contributed by atoms with Gasteiger partial charge in [-0.3, -0.25) is 0 Å². The summed E-state index contributed by atoms with van der Waals surface area (Å²) in [5, 5.41) is 12.9. The summed E-state index contributed by atoms with van der Waals surface area (Å²) in [6, 6.07) is 14.5. The number of rotatable bonds is 4. The lowest BCUT2D eigenvalue weighted by atomic mass is 9.99. The van der Waals surface area contributed by atoms with Crippen LogP contribution in [0.4, 0.5) is 13.2 Å². The molecule has 2 aromatic rings. The predicted molar refractivity (Wildman–Crippen MR) is 85.5 cm³/mol. The fourth-order valence-corrected chi connectivity index (χ4v) is 2.61. The van der Waals surface area contributed by atoms with Crippen LogP contribution in [-0.4, -0.2) is 29.9 Å². The van der Waals surface area contributed by atoms with Crippen molar-refractivity contribution in [2.75, 3.05) is 7.11 Å². The molecule has 4 nitrogen and oxygen atoms in total. The van der Waals surface area contributed by atoms with Gasteiger partial charge in [-0.05, 0) is 22.8 Å². The lowest BCUT2D eigenvalue weighted by molar-refractivity contribution is -0.355. The molecule has 1 atom stereocenters. The van der Waals surface area contributed by atoms with Gasteiger partial charge in [0, 0.05) is 6.42 Å². The number of oxime groups is 1. The number of hydrogen-bond donors (Lipinski definition) is 1. The van der Waals surface area contributed by atoms with Crippen LogP contribution in [0.5, 0.6) is 5.75 Å². The third-order valence-corrected chi connectivity index (χ3v) is 4.03. The fraction of sp³-hybridized carbons (Fsp3) is 0.278. The van der Waals surface area contributed by atoms with Crippen molar-refractivity contribution >= 4 is 5.71 Å². The average molecular weight is 351 g/mol. The number of ether oxygens (including phenoxy) is 1. The Hall–Kier alpha value is -2.54. The highest BCUT2D eigenvalue weighted by atomic mass is 19.4. The van der Waals surface area contributed by atoms with Crippen molar-refractivity contribution in [3.05, 3.63) is 65.2 Å². The van der Waals surface area contributed by atoms with Gasteiger partial charge in [-0.2, -0.15) is 13.2 Å². The Bertz CT molecular complexity index is 787. The van der Waals surface area contributed by atoms with E-state index in [1.54, 1.807) is 31.4 Å². The van der Waals surface area contributed by atoms with Gasteiger partial charge in [-0.25, -0.2) is 0 Å². The Kier molecular flexibility index (Phi) is 4.43. The van der Waals surface area contributed by atoms with Crippen LogP contribution in [0, 0.1) is 0 Å². The van der Waals surface area contributed by atoms with E-state index in [1.165, 1.54) is 0 Å². The number of para-hydroxylation sites is 1. The largest absolute Gasteiger partial charge is 0.496 e. The standard InChI is InChI=1S/C18H16F3NO3/c1-24-16-5-3-2-4-14(16)10-12-6-8-13(9-7-12)15-11-17(23,25-22-15)18(19,20)21/h2-9,23H,10-11H2,1H3. The maximum absolute atomic E-state index is 12.8. The van der Waals surface area contributed by atoms with Crippen molar-refractivity contribution in [1.29, 1.82) is 0 Å². The third kappa shape index (κ3) is 3.46. The second kappa shape index (κ2) is 6.40. The molecule has 0 spiro atoms. The van der Waals surface area contributed by atoms with E-state index in [0.717, 1.165) is 16.9 Å². The van der Waals surface area contributed by atoms with Crippen LogP contribution in [0.2, 0.25) is 0 Å². The summed E-state index contributed by atoms with van der Waals surface area (Å²) >= 11 is 0. The smallest absolute Gasteiger partial charge is 0.458 e. The Morgan fingerprint density at radius 3 is 2.44 bits per heavy atom. The second-order valence-electron chi connectivity index (χ2n) is 5.77. The number of alkyl halides is 3. The molecule has 3 rings (SSSR count). The van der Waals surface area contributed by atoms with Crippen LogP contribution in [0.1, 0.15) is 23.1 Å². The molecule has 1 aliphatic heterocycles. The molecule has 0 saturated carbocycles. The minimum absolute atomic E-state index is 0.0590. The van der Waals surface area contributed by atoms with Gasteiger partial charge in [0.05, 0.1) is 19.2 Å². The highest BCUT2D eigenvalue weighted by Crippen LogP contribution is 2.39. The summed E-state index contributed by atoms with van der Waals surface area (Å²) in [5.74, 6) is -2.48. The minimum atomic E-state index is -4.90. The van der Waals surface area contributed by atoms with Gasteiger partial charge >= 0.3 is 12.0 Å². The van der Waals surface area contributed by atoms with Crippen LogP contribution in [0.15, 0.2) is 53.7 Å². The third-order valence-electron chi connectivity index (χ3n) is 4.03. The van der Waals surface area contributed by atoms with Crippen molar-refractivity contribution in [3.63, 3.8) is 0 Å². The highest BCUT2D eigenvalue weighted by Gasteiger charge is 2.60. The molecule has 0 bridgehead atoms. The Balaban J connectivity index is 1.73. The summed E-state index contributed by atoms with van der Waals surface area (Å²) in [7, 11) is 1.60. The van der Waals surface area contributed by atoms with E-state index in [1.807, 2.05) is 24.3 Å². The summed E-state index contributed by atoms with van der Waals surface area (Å²) in [6.45, 7) is 0. The molecule has 7 heteroatoms. The monoisotopic (exact) mass is 351 g/mol. The highest BCUT2D eigenvalue weighted by molar-refractivity contribution is 6.01. The molecule has 0 radical (unpaired) electrons. The number of nitrogens with zero attached hydrogens (tertiary/aromatic N) is 1. The topological polar surface area (TPSA) is 51.0 Å². The first-order valence-corrected chi connectivity index (χ1v) is 7.58.